The Morgan fingerprint density at radius 2 is 1.42 bits per heavy atom. The second-order valence-electron chi connectivity index (χ2n) is 4.91. The van der Waals surface area contributed by atoms with Crippen LogP contribution in [0.3, 0.4) is 0 Å². The van der Waals surface area contributed by atoms with Crippen molar-refractivity contribution in [2.24, 2.45) is 0 Å². The van der Waals surface area contributed by atoms with Gasteiger partial charge in [0.25, 0.3) is 0 Å². The summed E-state index contributed by atoms with van der Waals surface area (Å²) in [6, 6.07) is 5.30. The van der Waals surface area contributed by atoms with Crippen molar-refractivity contribution >= 4 is 64.0 Å². The number of esters is 1. The second kappa shape index (κ2) is 8.03. The molecule has 8 heteroatoms. The molecule has 0 fully saturated rings. The summed E-state index contributed by atoms with van der Waals surface area (Å²) < 4.78 is 10.5. The smallest absolute Gasteiger partial charge is 0.349 e. The van der Waals surface area contributed by atoms with Gasteiger partial charge in [0.15, 0.2) is 12.4 Å². The molecule has 0 unspecified atom stereocenters. The third-order valence-corrected chi connectivity index (χ3v) is 5.46. The Morgan fingerprint density at radius 1 is 0.875 bits per heavy atom. The number of carbonyl (C=O) groups is 1. The molecule has 0 atom stereocenters. The highest BCUT2D eigenvalue weighted by Crippen LogP contribution is 2.48. The van der Waals surface area contributed by atoms with E-state index in [9.17, 15) is 4.79 Å². The van der Waals surface area contributed by atoms with Gasteiger partial charge >= 0.3 is 5.97 Å². The highest BCUT2D eigenvalue weighted by atomic mass is 35.5. The third kappa shape index (κ3) is 4.22. The summed E-state index contributed by atoms with van der Waals surface area (Å²) in [6.07, 6.45) is 0. The molecular weight excluding hydrogens is 417 g/mol. The largest absolute Gasteiger partial charge is 0.479 e. The lowest BCUT2D eigenvalue weighted by molar-refractivity contribution is -0.136. The van der Waals surface area contributed by atoms with Crippen LogP contribution in [0.2, 0.25) is 25.1 Å². The molecule has 3 nitrogen and oxygen atoms in total. The van der Waals surface area contributed by atoms with Crippen molar-refractivity contribution in [3.8, 4) is 11.5 Å². The molecule has 24 heavy (non-hydrogen) atoms. The number of benzene rings is 2. The SMILES string of the molecule is Cc1ccc(OC(=O)COc2c(Cl)c(Cl)c(Cl)c(Cl)c2Cl)cc1C. The molecule has 0 radical (unpaired) electrons. The van der Waals surface area contributed by atoms with Crippen LogP contribution in [-0.4, -0.2) is 12.6 Å². The standard InChI is InChI=1S/C16H11Cl5O3/c1-7-3-4-9(5-8(7)2)24-10(22)6-23-16-14(20)12(18)11(17)13(19)15(16)21/h3-5H,6H2,1-2H3. The van der Waals surface area contributed by atoms with E-state index < -0.39 is 12.6 Å². The van der Waals surface area contributed by atoms with Crippen LogP contribution in [0.25, 0.3) is 0 Å². The van der Waals surface area contributed by atoms with Crippen molar-refractivity contribution in [3.05, 3.63) is 54.4 Å². The first-order valence-electron chi connectivity index (χ1n) is 6.64. The van der Waals surface area contributed by atoms with E-state index in [1.807, 2.05) is 19.9 Å². The summed E-state index contributed by atoms with van der Waals surface area (Å²) in [4.78, 5) is 11.9. The molecule has 0 amide bonds. The lowest BCUT2D eigenvalue weighted by atomic mass is 10.1. The van der Waals surface area contributed by atoms with E-state index in [0.29, 0.717) is 5.75 Å². The summed E-state index contributed by atoms with van der Waals surface area (Å²) in [7, 11) is 0. The highest BCUT2D eigenvalue weighted by molar-refractivity contribution is 6.55. The fourth-order valence-corrected chi connectivity index (χ4v) is 3.01. The minimum Gasteiger partial charge on any atom is -0.479 e. The first-order valence-corrected chi connectivity index (χ1v) is 8.53. The number of hydrogen-bond donors (Lipinski definition) is 0. The van der Waals surface area contributed by atoms with Crippen molar-refractivity contribution in [2.75, 3.05) is 6.61 Å². The maximum absolute atomic E-state index is 11.9. The van der Waals surface area contributed by atoms with E-state index in [2.05, 4.69) is 0 Å². The van der Waals surface area contributed by atoms with Crippen LogP contribution in [-0.2, 0) is 4.79 Å². The quantitative estimate of drug-likeness (QED) is 0.240. The average Bonchev–Trinajstić information content (AvgIpc) is 2.54. The zero-order valence-electron chi connectivity index (χ0n) is 12.6. The topological polar surface area (TPSA) is 35.5 Å². The number of rotatable bonds is 4. The molecule has 0 heterocycles. The highest BCUT2D eigenvalue weighted by Gasteiger charge is 2.21. The summed E-state index contributed by atoms with van der Waals surface area (Å²) in [5, 5.41) is -0.0704. The molecule has 0 bridgehead atoms. The van der Waals surface area contributed by atoms with E-state index >= 15 is 0 Å². The van der Waals surface area contributed by atoms with Gasteiger partial charge in [-0.3, -0.25) is 0 Å². The van der Waals surface area contributed by atoms with Gasteiger partial charge in [-0.05, 0) is 37.1 Å². The summed E-state index contributed by atoms with van der Waals surface area (Å²) in [6.45, 7) is 3.45. The van der Waals surface area contributed by atoms with Gasteiger partial charge in [0.05, 0.1) is 15.1 Å². The summed E-state index contributed by atoms with van der Waals surface area (Å²) >= 11 is 29.8. The number of ether oxygens (including phenoxy) is 2. The zero-order chi connectivity index (χ0) is 18.0. The zero-order valence-corrected chi connectivity index (χ0v) is 16.3. The predicted octanol–water partition coefficient (Wildman–Crippen LogP) is 6.55. The van der Waals surface area contributed by atoms with Gasteiger partial charge in [-0.1, -0.05) is 64.1 Å². The minimum atomic E-state index is -0.632. The van der Waals surface area contributed by atoms with Crippen molar-refractivity contribution in [2.45, 2.75) is 13.8 Å². The molecular formula is C16H11Cl5O3. The van der Waals surface area contributed by atoms with Gasteiger partial charge in [-0.15, -0.1) is 0 Å². The first kappa shape index (κ1) is 19.5. The number of carbonyl (C=O) groups excluding carboxylic acids is 1. The van der Waals surface area contributed by atoms with Gasteiger partial charge in [-0.25, -0.2) is 4.79 Å². The molecule has 0 aliphatic carbocycles. The van der Waals surface area contributed by atoms with E-state index in [4.69, 9.17) is 67.5 Å². The van der Waals surface area contributed by atoms with Crippen molar-refractivity contribution in [1.29, 1.82) is 0 Å². The molecule has 0 spiro atoms. The Bertz CT molecular complexity index is 776. The number of halogens is 5. The van der Waals surface area contributed by atoms with Crippen LogP contribution < -0.4 is 9.47 Å². The monoisotopic (exact) mass is 426 g/mol. The fourth-order valence-electron chi connectivity index (χ4n) is 1.78. The lowest BCUT2D eigenvalue weighted by Gasteiger charge is -2.13. The Labute approximate surface area is 164 Å². The van der Waals surface area contributed by atoms with Crippen LogP contribution in [0.1, 0.15) is 11.1 Å². The molecule has 2 aromatic carbocycles. The molecule has 0 saturated carbocycles. The van der Waals surface area contributed by atoms with Crippen LogP contribution in [0.4, 0.5) is 0 Å². The van der Waals surface area contributed by atoms with Crippen LogP contribution in [0, 0.1) is 13.8 Å². The van der Waals surface area contributed by atoms with Crippen LogP contribution in [0.15, 0.2) is 18.2 Å². The van der Waals surface area contributed by atoms with Crippen molar-refractivity contribution in [1.82, 2.24) is 0 Å². The minimum absolute atomic E-state index is 0.00902. The van der Waals surface area contributed by atoms with Gasteiger partial charge in [-0.2, -0.15) is 0 Å². The lowest BCUT2D eigenvalue weighted by Crippen LogP contribution is -2.18. The molecule has 0 aliphatic heterocycles. The number of aryl methyl sites for hydroxylation is 2. The van der Waals surface area contributed by atoms with E-state index in [-0.39, 0.29) is 30.9 Å². The van der Waals surface area contributed by atoms with Gasteiger partial charge in [0.1, 0.15) is 15.8 Å². The van der Waals surface area contributed by atoms with Crippen molar-refractivity contribution < 1.29 is 14.3 Å². The second-order valence-corrected chi connectivity index (χ2v) is 6.80. The van der Waals surface area contributed by atoms with E-state index in [1.165, 1.54) is 0 Å². The Morgan fingerprint density at radius 3 is 1.96 bits per heavy atom. The molecule has 0 N–H and O–H groups in total. The maximum atomic E-state index is 11.9. The van der Waals surface area contributed by atoms with E-state index in [1.54, 1.807) is 12.1 Å². The molecule has 0 aliphatic rings. The van der Waals surface area contributed by atoms with Crippen LogP contribution in [0.5, 0.6) is 11.5 Å². The third-order valence-electron chi connectivity index (χ3n) is 3.21. The maximum Gasteiger partial charge on any atom is 0.349 e. The van der Waals surface area contributed by atoms with E-state index in [0.717, 1.165) is 11.1 Å². The normalized spacial score (nSPS) is 10.6. The van der Waals surface area contributed by atoms with Crippen LogP contribution >= 0.6 is 58.0 Å². The Kier molecular flexibility index (Phi) is 6.52. The number of hydrogen-bond acceptors (Lipinski definition) is 3. The molecule has 2 rings (SSSR count). The molecule has 0 aromatic heterocycles. The summed E-state index contributed by atoms with van der Waals surface area (Å²) in [5.41, 5.74) is 2.10. The molecule has 128 valence electrons. The summed E-state index contributed by atoms with van der Waals surface area (Å²) in [5.74, 6) is -0.251. The van der Waals surface area contributed by atoms with Gasteiger partial charge in [0.2, 0.25) is 0 Å². The average molecular weight is 429 g/mol. The molecule has 0 saturated heterocycles. The van der Waals surface area contributed by atoms with Crippen molar-refractivity contribution in [3.63, 3.8) is 0 Å². The van der Waals surface area contributed by atoms with Gasteiger partial charge in [0, 0.05) is 0 Å². The Balaban J connectivity index is 2.11. The fraction of sp³-hybridized carbons (Fsp3) is 0.188. The predicted molar refractivity (Wildman–Crippen MR) is 98.5 cm³/mol. The molecule has 2 aromatic rings. The first-order chi connectivity index (χ1) is 11.2. The van der Waals surface area contributed by atoms with Gasteiger partial charge < -0.3 is 9.47 Å². The Hall–Kier alpha value is -0.840.